The normalized spacial score (nSPS) is 10.5. The molecule has 1 N–H and O–H groups in total. The molecule has 0 atom stereocenters. The number of amides is 1. The fraction of sp³-hybridized carbons (Fsp3) is 0. The molecule has 11 heteroatoms. The molecule has 0 aliphatic rings. The number of aromatic nitrogens is 4. The highest BCUT2D eigenvalue weighted by Crippen LogP contribution is 2.25. The second-order valence-corrected chi connectivity index (χ2v) is 6.63. The Bertz CT molecular complexity index is 1230. The van der Waals surface area contributed by atoms with Crippen molar-refractivity contribution < 1.29 is 14.5 Å². The predicted molar refractivity (Wildman–Crippen MR) is 112 cm³/mol. The van der Waals surface area contributed by atoms with Gasteiger partial charge in [0.2, 0.25) is 5.88 Å². The number of anilines is 1. The van der Waals surface area contributed by atoms with Crippen LogP contribution in [-0.2, 0) is 0 Å². The first kappa shape index (κ1) is 20.0. The number of nitro groups is 1. The standard InChI is InChI=1S/C20H13ClN6O4/c21-14-2-5-16(6-3-14)31-19-8-4-15(10-23-19)25-20(28)13-1-7-17(18(9-13)27(29)30)26-12-22-11-24-26/h1-12H,(H,25,28). The number of nitrogens with one attached hydrogen (secondary N) is 1. The van der Waals surface area contributed by atoms with Crippen LogP contribution in [0.4, 0.5) is 11.4 Å². The topological polar surface area (TPSA) is 125 Å². The second-order valence-electron chi connectivity index (χ2n) is 6.20. The quantitative estimate of drug-likeness (QED) is 0.353. The third-order valence-corrected chi connectivity index (χ3v) is 4.38. The maximum atomic E-state index is 12.6. The van der Waals surface area contributed by atoms with Gasteiger partial charge in [-0.1, -0.05) is 11.6 Å². The first-order valence-corrected chi connectivity index (χ1v) is 9.22. The van der Waals surface area contributed by atoms with Crippen LogP contribution >= 0.6 is 11.6 Å². The van der Waals surface area contributed by atoms with Crippen molar-refractivity contribution in [2.24, 2.45) is 0 Å². The van der Waals surface area contributed by atoms with Gasteiger partial charge in [-0.25, -0.2) is 14.6 Å². The van der Waals surface area contributed by atoms with Crippen LogP contribution in [0.25, 0.3) is 5.69 Å². The average Bonchev–Trinajstić information content (AvgIpc) is 3.31. The number of halogens is 1. The number of rotatable bonds is 6. The zero-order valence-electron chi connectivity index (χ0n) is 15.7. The van der Waals surface area contributed by atoms with Crippen LogP contribution < -0.4 is 10.1 Å². The molecule has 2 aromatic heterocycles. The number of carbonyl (C=O) groups excluding carboxylic acids is 1. The van der Waals surface area contributed by atoms with Crippen LogP contribution in [0.3, 0.4) is 0 Å². The smallest absolute Gasteiger partial charge is 0.295 e. The molecule has 0 saturated heterocycles. The number of nitro benzene ring substituents is 1. The lowest BCUT2D eigenvalue weighted by Crippen LogP contribution is -2.13. The molecule has 10 nitrogen and oxygen atoms in total. The van der Waals surface area contributed by atoms with E-state index < -0.39 is 10.8 Å². The summed E-state index contributed by atoms with van der Waals surface area (Å²) in [6.45, 7) is 0. The number of benzene rings is 2. The van der Waals surface area contributed by atoms with Gasteiger partial charge in [-0.05, 0) is 42.5 Å². The minimum absolute atomic E-state index is 0.108. The Morgan fingerprint density at radius 2 is 1.94 bits per heavy atom. The third kappa shape index (κ3) is 4.65. The Morgan fingerprint density at radius 1 is 1.13 bits per heavy atom. The fourth-order valence-corrected chi connectivity index (χ4v) is 2.80. The van der Waals surface area contributed by atoms with Crippen molar-refractivity contribution >= 4 is 28.9 Å². The van der Waals surface area contributed by atoms with Gasteiger partial charge in [-0.2, -0.15) is 5.10 Å². The predicted octanol–water partition coefficient (Wildman–Crippen LogP) is 4.27. The van der Waals surface area contributed by atoms with Crippen LogP contribution in [0.1, 0.15) is 10.4 Å². The molecule has 4 rings (SSSR count). The van der Waals surface area contributed by atoms with E-state index in [4.69, 9.17) is 16.3 Å². The van der Waals surface area contributed by atoms with E-state index in [0.29, 0.717) is 22.3 Å². The molecular formula is C20H13ClN6O4. The van der Waals surface area contributed by atoms with Crippen molar-refractivity contribution in [3.8, 4) is 17.3 Å². The van der Waals surface area contributed by atoms with E-state index in [1.807, 2.05) is 0 Å². The van der Waals surface area contributed by atoms with Crippen molar-refractivity contribution in [2.75, 3.05) is 5.32 Å². The minimum atomic E-state index is -0.585. The lowest BCUT2D eigenvalue weighted by Gasteiger charge is -2.08. The molecule has 0 saturated carbocycles. The average molecular weight is 437 g/mol. The van der Waals surface area contributed by atoms with Crippen LogP contribution in [-0.4, -0.2) is 30.6 Å². The molecule has 0 fully saturated rings. The van der Waals surface area contributed by atoms with Crippen molar-refractivity contribution in [2.45, 2.75) is 0 Å². The first-order valence-electron chi connectivity index (χ1n) is 8.84. The zero-order chi connectivity index (χ0) is 21.8. The summed E-state index contributed by atoms with van der Waals surface area (Å²) in [7, 11) is 0. The highest BCUT2D eigenvalue weighted by Gasteiger charge is 2.19. The number of ether oxygens (including phenoxy) is 1. The molecule has 0 aliphatic carbocycles. The molecule has 0 unspecified atom stereocenters. The van der Waals surface area contributed by atoms with Crippen molar-refractivity contribution in [3.05, 3.63) is 94.1 Å². The summed E-state index contributed by atoms with van der Waals surface area (Å²) >= 11 is 5.84. The van der Waals surface area contributed by atoms with Gasteiger partial charge in [0, 0.05) is 22.7 Å². The number of pyridine rings is 1. The number of nitrogens with zero attached hydrogens (tertiary/aromatic N) is 5. The van der Waals surface area contributed by atoms with Crippen LogP contribution in [0.15, 0.2) is 73.4 Å². The van der Waals surface area contributed by atoms with E-state index >= 15 is 0 Å². The van der Waals surface area contributed by atoms with Gasteiger partial charge in [-0.3, -0.25) is 14.9 Å². The number of hydrogen-bond acceptors (Lipinski definition) is 7. The molecule has 31 heavy (non-hydrogen) atoms. The lowest BCUT2D eigenvalue weighted by atomic mass is 10.1. The molecule has 1 amide bonds. The van der Waals surface area contributed by atoms with Gasteiger partial charge in [0.15, 0.2) is 0 Å². The van der Waals surface area contributed by atoms with E-state index in [1.54, 1.807) is 36.4 Å². The summed E-state index contributed by atoms with van der Waals surface area (Å²) in [5.74, 6) is 0.364. The summed E-state index contributed by atoms with van der Waals surface area (Å²) < 4.78 is 6.85. The van der Waals surface area contributed by atoms with Gasteiger partial charge in [0.05, 0.1) is 16.8 Å². The summed E-state index contributed by atoms with van der Waals surface area (Å²) in [4.78, 5) is 31.3. The van der Waals surface area contributed by atoms with Crippen molar-refractivity contribution in [1.82, 2.24) is 19.7 Å². The van der Waals surface area contributed by atoms with Crippen LogP contribution in [0.5, 0.6) is 11.6 Å². The minimum Gasteiger partial charge on any atom is -0.439 e. The van der Waals surface area contributed by atoms with Gasteiger partial charge in [-0.15, -0.1) is 0 Å². The summed E-state index contributed by atoms with van der Waals surface area (Å²) in [5, 5.41) is 18.6. The Labute approximate surface area is 180 Å². The van der Waals surface area contributed by atoms with Crippen molar-refractivity contribution in [3.63, 3.8) is 0 Å². The molecule has 0 spiro atoms. The molecule has 0 aliphatic heterocycles. The Kier molecular flexibility index (Phi) is 5.54. The molecule has 0 bridgehead atoms. The first-order chi connectivity index (χ1) is 15.0. The molecule has 0 radical (unpaired) electrons. The van der Waals surface area contributed by atoms with E-state index in [9.17, 15) is 14.9 Å². The SMILES string of the molecule is O=C(Nc1ccc(Oc2ccc(Cl)cc2)nc1)c1ccc(-n2cncn2)c([N+](=O)[O-])c1. The van der Waals surface area contributed by atoms with E-state index in [2.05, 4.69) is 20.4 Å². The second kappa shape index (κ2) is 8.59. The fourth-order valence-electron chi connectivity index (χ4n) is 2.68. The summed E-state index contributed by atoms with van der Waals surface area (Å²) in [6, 6.07) is 14.1. The summed E-state index contributed by atoms with van der Waals surface area (Å²) in [6.07, 6.45) is 4.01. The van der Waals surface area contributed by atoms with Crippen LogP contribution in [0.2, 0.25) is 5.02 Å². The Morgan fingerprint density at radius 3 is 2.58 bits per heavy atom. The molecule has 4 aromatic rings. The zero-order valence-corrected chi connectivity index (χ0v) is 16.4. The lowest BCUT2D eigenvalue weighted by molar-refractivity contribution is -0.384. The van der Waals surface area contributed by atoms with E-state index in [-0.39, 0.29) is 16.9 Å². The number of hydrogen-bond donors (Lipinski definition) is 1. The van der Waals surface area contributed by atoms with Gasteiger partial charge in [0.25, 0.3) is 11.6 Å². The monoisotopic (exact) mass is 436 g/mol. The van der Waals surface area contributed by atoms with E-state index in [1.165, 1.54) is 41.7 Å². The molecule has 2 aromatic carbocycles. The molecule has 2 heterocycles. The Hall–Kier alpha value is -4.31. The van der Waals surface area contributed by atoms with Crippen molar-refractivity contribution in [1.29, 1.82) is 0 Å². The Balaban J connectivity index is 1.48. The largest absolute Gasteiger partial charge is 0.439 e. The maximum absolute atomic E-state index is 12.6. The number of carbonyl (C=O) groups is 1. The van der Waals surface area contributed by atoms with Gasteiger partial charge in [0.1, 0.15) is 24.1 Å². The van der Waals surface area contributed by atoms with E-state index in [0.717, 1.165) is 0 Å². The summed E-state index contributed by atoms with van der Waals surface area (Å²) in [5.41, 5.74) is 0.431. The third-order valence-electron chi connectivity index (χ3n) is 4.13. The van der Waals surface area contributed by atoms with Gasteiger partial charge < -0.3 is 10.1 Å². The van der Waals surface area contributed by atoms with Crippen LogP contribution in [0, 0.1) is 10.1 Å². The van der Waals surface area contributed by atoms with Gasteiger partial charge >= 0.3 is 0 Å². The molecule has 154 valence electrons. The highest BCUT2D eigenvalue weighted by atomic mass is 35.5. The highest BCUT2D eigenvalue weighted by molar-refractivity contribution is 6.30. The maximum Gasteiger partial charge on any atom is 0.295 e. The molecular weight excluding hydrogens is 424 g/mol.